The molecule has 0 saturated carbocycles. The molecule has 0 bridgehead atoms. The summed E-state index contributed by atoms with van der Waals surface area (Å²) in [7, 11) is 0. The van der Waals surface area contributed by atoms with E-state index in [-0.39, 0.29) is 18.4 Å². The zero-order valence-electron chi connectivity index (χ0n) is 16.8. The van der Waals surface area contributed by atoms with Gasteiger partial charge in [-0.05, 0) is 35.7 Å². The quantitative estimate of drug-likeness (QED) is 0.437. The summed E-state index contributed by atoms with van der Waals surface area (Å²) in [5, 5.41) is 18.6. The molecule has 1 aromatic heterocycles. The molecule has 2 heterocycles. The number of aliphatic hydroxyl groups is 1. The minimum atomic E-state index is -0.398. The van der Waals surface area contributed by atoms with Crippen molar-refractivity contribution in [2.45, 2.75) is 19.6 Å². The van der Waals surface area contributed by atoms with Gasteiger partial charge in [0, 0.05) is 26.7 Å². The second kappa shape index (κ2) is 7.65. The van der Waals surface area contributed by atoms with Crippen LogP contribution in [0.4, 0.5) is 5.69 Å². The van der Waals surface area contributed by atoms with Crippen molar-refractivity contribution in [3.63, 3.8) is 0 Å². The van der Waals surface area contributed by atoms with Gasteiger partial charge in [-0.1, -0.05) is 48.5 Å². The molecule has 0 aliphatic carbocycles. The van der Waals surface area contributed by atoms with E-state index in [9.17, 15) is 14.7 Å². The Morgan fingerprint density at radius 2 is 1.87 bits per heavy atom. The topological polar surface area (TPSA) is 78.4 Å². The summed E-state index contributed by atoms with van der Waals surface area (Å²) in [6.07, 6.45) is 0. The fourth-order valence-electron chi connectivity index (χ4n) is 4.24. The molecule has 5 rings (SSSR count). The maximum atomic E-state index is 13.2. The highest BCUT2D eigenvalue weighted by Crippen LogP contribution is 2.39. The molecule has 4 aromatic rings. The second-order valence-electron chi connectivity index (χ2n) is 7.58. The highest BCUT2D eigenvalue weighted by Gasteiger charge is 2.35. The minimum Gasteiger partial charge on any atom is -0.392 e. The maximum absolute atomic E-state index is 13.2. The molecular formula is C25H20N2O3S. The largest absolute Gasteiger partial charge is 0.392 e. The smallest absolute Gasteiger partial charge is 0.257 e. The van der Waals surface area contributed by atoms with Crippen molar-refractivity contribution in [1.29, 1.82) is 0 Å². The number of nitrogens with one attached hydrogen (secondary N) is 2. The Labute approximate surface area is 183 Å². The fraction of sp³-hybridized carbons (Fsp3) is 0.120. The average molecular weight is 429 g/mol. The normalized spacial score (nSPS) is 15.0. The van der Waals surface area contributed by atoms with Crippen LogP contribution < -0.4 is 10.6 Å². The van der Waals surface area contributed by atoms with Crippen LogP contribution in [0.15, 0.2) is 66.0 Å². The number of carbonyl (C=O) groups is 2. The molecule has 31 heavy (non-hydrogen) atoms. The molecule has 5 nitrogen and oxygen atoms in total. The van der Waals surface area contributed by atoms with E-state index in [0.29, 0.717) is 27.9 Å². The first-order valence-electron chi connectivity index (χ1n) is 9.99. The number of thiophene rings is 1. The lowest BCUT2D eigenvalue weighted by Crippen LogP contribution is -2.21. The predicted molar refractivity (Wildman–Crippen MR) is 123 cm³/mol. The van der Waals surface area contributed by atoms with E-state index in [1.54, 1.807) is 12.1 Å². The molecule has 1 aliphatic heterocycles. The minimum absolute atomic E-state index is 0.223. The van der Waals surface area contributed by atoms with E-state index in [2.05, 4.69) is 10.6 Å². The van der Waals surface area contributed by atoms with Gasteiger partial charge < -0.3 is 15.7 Å². The van der Waals surface area contributed by atoms with Crippen molar-refractivity contribution in [3.8, 4) is 0 Å². The lowest BCUT2D eigenvalue weighted by molar-refractivity contribution is 0.0957. The fourth-order valence-corrected chi connectivity index (χ4v) is 5.18. The third-order valence-electron chi connectivity index (χ3n) is 5.77. The van der Waals surface area contributed by atoms with Gasteiger partial charge in [0.1, 0.15) is 0 Å². The summed E-state index contributed by atoms with van der Waals surface area (Å²) < 4.78 is 1.04. The Morgan fingerprint density at radius 3 is 2.68 bits per heavy atom. The number of fused-ring (bicyclic) bond motifs is 2. The average Bonchev–Trinajstić information content (AvgIpc) is 3.36. The third kappa shape index (κ3) is 3.21. The molecule has 2 amide bonds. The zero-order valence-corrected chi connectivity index (χ0v) is 17.6. The summed E-state index contributed by atoms with van der Waals surface area (Å²) in [4.78, 5) is 26.0. The highest BCUT2D eigenvalue weighted by molar-refractivity contribution is 7.17. The van der Waals surface area contributed by atoms with Gasteiger partial charge in [0.15, 0.2) is 0 Å². The van der Waals surface area contributed by atoms with Crippen LogP contribution in [0.2, 0.25) is 0 Å². The van der Waals surface area contributed by atoms with Crippen LogP contribution in [0.1, 0.15) is 49.0 Å². The molecule has 0 spiro atoms. The molecule has 3 N–H and O–H groups in total. The molecule has 0 saturated heterocycles. The lowest BCUT2D eigenvalue weighted by atomic mass is 9.91. The molecule has 0 radical (unpaired) electrons. The SMILES string of the molecule is Cc1ccccc1C1NC(=O)c2c(CO)ccc(NC(=O)c3csc4ccccc34)c21. The van der Waals surface area contributed by atoms with Crippen LogP contribution in [0.5, 0.6) is 0 Å². The van der Waals surface area contributed by atoms with Crippen LogP contribution in [-0.2, 0) is 6.61 Å². The van der Waals surface area contributed by atoms with Gasteiger partial charge in [-0.2, -0.15) is 0 Å². The van der Waals surface area contributed by atoms with E-state index in [4.69, 9.17) is 0 Å². The zero-order chi connectivity index (χ0) is 21.5. The van der Waals surface area contributed by atoms with Crippen LogP contribution in [0.25, 0.3) is 10.1 Å². The number of anilines is 1. The summed E-state index contributed by atoms with van der Waals surface area (Å²) in [6.45, 7) is 1.74. The molecule has 1 atom stereocenters. The molecule has 154 valence electrons. The molecular weight excluding hydrogens is 408 g/mol. The molecule has 0 fully saturated rings. The van der Waals surface area contributed by atoms with E-state index < -0.39 is 6.04 Å². The monoisotopic (exact) mass is 428 g/mol. The van der Waals surface area contributed by atoms with Gasteiger partial charge in [-0.25, -0.2) is 0 Å². The summed E-state index contributed by atoms with van der Waals surface area (Å²) in [5.41, 5.74) is 4.84. The first kappa shape index (κ1) is 19.5. The van der Waals surface area contributed by atoms with Gasteiger partial charge in [-0.3, -0.25) is 9.59 Å². The van der Waals surface area contributed by atoms with Crippen LogP contribution in [0.3, 0.4) is 0 Å². The molecule has 1 aliphatic rings. The van der Waals surface area contributed by atoms with Crippen LogP contribution in [-0.4, -0.2) is 16.9 Å². The van der Waals surface area contributed by atoms with Gasteiger partial charge in [0.25, 0.3) is 11.8 Å². The summed E-state index contributed by atoms with van der Waals surface area (Å²) >= 11 is 1.52. The maximum Gasteiger partial charge on any atom is 0.257 e. The Balaban J connectivity index is 1.61. The van der Waals surface area contributed by atoms with Gasteiger partial charge in [0.05, 0.1) is 23.8 Å². The van der Waals surface area contributed by atoms with Gasteiger partial charge in [-0.15, -0.1) is 11.3 Å². The number of aryl methyl sites for hydroxylation is 1. The number of carbonyl (C=O) groups excluding carboxylic acids is 2. The first-order valence-corrected chi connectivity index (χ1v) is 10.9. The number of hydrogen-bond acceptors (Lipinski definition) is 4. The Morgan fingerprint density at radius 1 is 1.10 bits per heavy atom. The summed E-state index contributed by atoms with van der Waals surface area (Å²) in [5.74, 6) is -0.469. The number of hydrogen-bond donors (Lipinski definition) is 3. The van der Waals surface area contributed by atoms with Crippen molar-refractivity contribution in [2.75, 3.05) is 5.32 Å². The molecule has 1 unspecified atom stereocenters. The van der Waals surface area contributed by atoms with Crippen molar-refractivity contribution in [3.05, 3.63) is 99.4 Å². The van der Waals surface area contributed by atoms with Crippen molar-refractivity contribution < 1.29 is 14.7 Å². The van der Waals surface area contributed by atoms with Crippen molar-refractivity contribution in [2.24, 2.45) is 0 Å². The van der Waals surface area contributed by atoms with E-state index in [1.807, 2.05) is 60.8 Å². The number of rotatable bonds is 4. The van der Waals surface area contributed by atoms with Gasteiger partial charge in [0.2, 0.25) is 0 Å². The standard InChI is InChI=1S/C25H20N2O3S/c1-14-6-2-3-7-16(14)23-22-19(11-10-15(12-28)21(22)25(30)27-23)26-24(29)18-13-31-20-9-5-4-8-17(18)20/h2-11,13,23,28H,12H2,1H3,(H,26,29)(H,27,30). The van der Waals surface area contributed by atoms with Crippen molar-refractivity contribution in [1.82, 2.24) is 5.32 Å². The molecule has 6 heteroatoms. The van der Waals surface area contributed by atoms with E-state index in [1.165, 1.54) is 11.3 Å². The third-order valence-corrected chi connectivity index (χ3v) is 6.73. The Hall–Kier alpha value is -3.48. The predicted octanol–water partition coefficient (Wildman–Crippen LogP) is 4.79. The first-order chi connectivity index (χ1) is 15.1. The molecule has 3 aromatic carbocycles. The highest BCUT2D eigenvalue weighted by atomic mass is 32.1. The number of amides is 2. The van der Waals surface area contributed by atoms with Gasteiger partial charge >= 0.3 is 0 Å². The van der Waals surface area contributed by atoms with Crippen LogP contribution in [0, 0.1) is 6.92 Å². The van der Waals surface area contributed by atoms with E-state index >= 15 is 0 Å². The van der Waals surface area contributed by atoms with E-state index in [0.717, 1.165) is 21.2 Å². The number of aliphatic hydroxyl groups excluding tert-OH is 1. The Kier molecular flexibility index (Phi) is 4.81. The number of benzene rings is 3. The lowest BCUT2D eigenvalue weighted by Gasteiger charge is -2.19. The summed E-state index contributed by atoms with van der Waals surface area (Å²) in [6, 6.07) is 18.7. The second-order valence-corrected chi connectivity index (χ2v) is 8.49. The van der Waals surface area contributed by atoms with Crippen molar-refractivity contribution >= 4 is 38.9 Å². The Bertz CT molecular complexity index is 1340. The van der Waals surface area contributed by atoms with Crippen LogP contribution >= 0.6 is 11.3 Å².